The Morgan fingerprint density at radius 3 is 2.87 bits per heavy atom. The molecule has 2 aliphatic heterocycles. The van der Waals surface area contributed by atoms with Gasteiger partial charge in [0.25, 0.3) is 15.9 Å². The molecule has 2 aliphatic rings. The SMILES string of the molecule is CCCCOc1ccc(OC)cc1NC(=O)c1ccc2c(c1)SC1=NS(=O)(=O)CCN12. The minimum Gasteiger partial charge on any atom is -0.497 e. The summed E-state index contributed by atoms with van der Waals surface area (Å²) in [6.07, 6.45) is 1.92. The van der Waals surface area contributed by atoms with Crippen LogP contribution >= 0.6 is 11.8 Å². The van der Waals surface area contributed by atoms with E-state index in [-0.39, 0.29) is 11.7 Å². The highest BCUT2D eigenvalue weighted by Gasteiger charge is 2.33. The van der Waals surface area contributed by atoms with Crippen LogP contribution in [0.5, 0.6) is 11.5 Å². The second-order valence-corrected chi connectivity index (χ2v) is 9.88. The number of amidine groups is 1. The Hall–Kier alpha value is -2.72. The Morgan fingerprint density at radius 1 is 1.26 bits per heavy atom. The van der Waals surface area contributed by atoms with Crippen LogP contribution in [0.15, 0.2) is 45.7 Å². The van der Waals surface area contributed by atoms with E-state index in [1.807, 2.05) is 11.0 Å². The fourth-order valence-corrected chi connectivity index (χ4v) is 5.55. The number of thioether (sulfide) groups is 1. The predicted molar refractivity (Wildman–Crippen MR) is 122 cm³/mol. The molecule has 0 aliphatic carbocycles. The van der Waals surface area contributed by atoms with E-state index in [1.165, 1.54) is 11.8 Å². The van der Waals surface area contributed by atoms with Gasteiger partial charge in [0.1, 0.15) is 11.5 Å². The first-order valence-electron chi connectivity index (χ1n) is 9.94. The van der Waals surface area contributed by atoms with Crippen molar-refractivity contribution >= 4 is 44.2 Å². The first-order valence-corrected chi connectivity index (χ1v) is 12.4. The first kappa shape index (κ1) is 21.5. The molecule has 4 rings (SSSR count). The van der Waals surface area contributed by atoms with Gasteiger partial charge in [0.05, 0.1) is 30.8 Å². The number of amides is 1. The molecule has 0 aromatic heterocycles. The molecule has 2 heterocycles. The minimum absolute atomic E-state index is 0.0185. The van der Waals surface area contributed by atoms with Crippen molar-refractivity contribution in [3.05, 3.63) is 42.0 Å². The van der Waals surface area contributed by atoms with Crippen LogP contribution in [0.2, 0.25) is 0 Å². The van der Waals surface area contributed by atoms with Gasteiger partial charge in [-0.3, -0.25) is 4.79 Å². The van der Waals surface area contributed by atoms with Crippen molar-refractivity contribution < 1.29 is 22.7 Å². The van der Waals surface area contributed by atoms with Crippen molar-refractivity contribution in [2.75, 3.05) is 36.2 Å². The summed E-state index contributed by atoms with van der Waals surface area (Å²) >= 11 is 1.26. The summed E-state index contributed by atoms with van der Waals surface area (Å²) in [5, 5.41) is 3.33. The van der Waals surface area contributed by atoms with Gasteiger partial charge < -0.3 is 19.7 Å². The highest BCUT2D eigenvalue weighted by molar-refractivity contribution is 8.15. The van der Waals surface area contributed by atoms with E-state index in [0.29, 0.717) is 41.1 Å². The Bertz CT molecular complexity index is 1150. The van der Waals surface area contributed by atoms with Crippen molar-refractivity contribution in [3.8, 4) is 11.5 Å². The summed E-state index contributed by atoms with van der Waals surface area (Å²) in [6.45, 7) is 3.00. The van der Waals surface area contributed by atoms with Gasteiger partial charge in [0.15, 0.2) is 5.17 Å². The van der Waals surface area contributed by atoms with E-state index in [1.54, 1.807) is 37.4 Å². The third-order valence-electron chi connectivity index (χ3n) is 4.93. The molecule has 10 heteroatoms. The molecule has 8 nitrogen and oxygen atoms in total. The molecular weight excluding hydrogens is 438 g/mol. The monoisotopic (exact) mass is 461 g/mol. The molecule has 2 aromatic carbocycles. The van der Waals surface area contributed by atoms with Gasteiger partial charge >= 0.3 is 0 Å². The first-order chi connectivity index (χ1) is 14.9. The summed E-state index contributed by atoms with van der Waals surface area (Å²) in [6, 6.07) is 10.6. The van der Waals surface area contributed by atoms with Crippen molar-refractivity contribution in [2.45, 2.75) is 24.7 Å². The molecule has 0 bridgehead atoms. The van der Waals surface area contributed by atoms with Crippen LogP contribution in [-0.4, -0.2) is 45.5 Å². The Morgan fingerprint density at radius 2 is 2.10 bits per heavy atom. The van der Waals surface area contributed by atoms with E-state index < -0.39 is 10.0 Å². The fourth-order valence-electron chi connectivity index (χ4n) is 3.25. The Labute approximate surface area is 185 Å². The number of benzene rings is 2. The number of hydrogen-bond donors (Lipinski definition) is 1. The zero-order valence-corrected chi connectivity index (χ0v) is 18.9. The van der Waals surface area contributed by atoms with Crippen molar-refractivity contribution in [2.24, 2.45) is 4.40 Å². The second-order valence-electron chi connectivity index (χ2n) is 7.11. The van der Waals surface area contributed by atoms with Gasteiger partial charge in [-0.25, -0.2) is 8.42 Å². The van der Waals surface area contributed by atoms with Crippen LogP contribution in [-0.2, 0) is 10.0 Å². The third kappa shape index (κ3) is 4.64. The quantitative estimate of drug-likeness (QED) is 0.627. The molecule has 0 unspecified atom stereocenters. The van der Waals surface area contributed by atoms with Gasteiger partial charge in [0, 0.05) is 23.1 Å². The predicted octanol–water partition coefficient (Wildman–Crippen LogP) is 3.74. The highest BCUT2D eigenvalue weighted by Crippen LogP contribution is 2.42. The number of carbonyl (C=O) groups is 1. The van der Waals surface area contributed by atoms with E-state index in [4.69, 9.17) is 9.47 Å². The van der Waals surface area contributed by atoms with Crippen LogP contribution in [0.1, 0.15) is 30.1 Å². The largest absolute Gasteiger partial charge is 0.497 e. The summed E-state index contributed by atoms with van der Waals surface area (Å²) in [5.41, 5.74) is 1.85. The van der Waals surface area contributed by atoms with Crippen LogP contribution in [0, 0.1) is 0 Å². The number of ether oxygens (including phenoxy) is 2. The average molecular weight is 462 g/mol. The van der Waals surface area contributed by atoms with Crippen molar-refractivity contribution in [1.29, 1.82) is 0 Å². The number of fused-ring (bicyclic) bond motifs is 3. The number of methoxy groups -OCH3 is 1. The lowest BCUT2D eigenvalue weighted by atomic mass is 10.1. The maximum Gasteiger partial charge on any atom is 0.257 e. The third-order valence-corrected chi connectivity index (χ3v) is 7.23. The molecule has 164 valence electrons. The van der Waals surface area contributed by atoms with Crippen molar-refractivity contribution in [3.63, 3.8) is 0 Å². The Balaban J connectivity index is 1.56. The number of nitrogens with one attached hydrogen (secondary N) is 1. The molecule has 1 N–H and O–H groups in total. The molecule has 1 amide bonds. The maximum absolute atomic E-state index is 13.0. The molecule has 31 heavy (non-hydrogen) atoms. The number of hydrogen-bond acceptors (Lipinski definition) is 7. The van der Waals surface area contributed by atoms with Crippen molar-refractivity contribution in [1.82, 2.24) is 0 Å². The molecule has 0 spiro atoms. The van der Waals surface area contributed by atoms with Gasteiger partial charge in [-0.2, -0.15) is 0 Å². The number of rotatable bonds is 7. The smallest absolute Gasteiger partial charge is 0.257 e. The maximum atomic E-state index is 13.0. The number of carbonyl (C=O) groups excluding carboxylic acids is 1. The Kier molecular flexibility index (Phi) is 6.10. The number of unbranched alkanes of at least 4 members (excludes halogenated alkanes) is 1. The normalized spacial score (nSPS) is 16.2. The van der Waals surface area contributed by atoms with Gasteiger partial charge in [0.2, 0.25) is 0 Å². The van der Waals surface area contributed by atoms with E-state index in [0.717, 1.165) is 23.4 Å². The zero-order valence-electron chi connectivity index (χ0n) is 17.3. The molecule has 0 saturated carbocycles. The molecule has 0 fully saturated rings. The summed E-state index contributed by atoms with van der Waals surface area (Å²) in [4.78, 5) is 15.6. The standard InChI is InChI=1S/C21H23N3O5S2/c1-3-4-10-29-18-8-6-15(28-2)13-16(18)22-20(25)14-5-7-17-19(12-14)30-21-23-31(26,27)11-9-24(17)21/h5-8,12-13H,3-4,9-11H2,1-2H3,(H,22,25). The van der Waals surface area contributed by atoms with Crippen LogP contribution in [0.4, 0.5) is 11.4 Å². The summed E-state index contributed by atoms with van der Waals surface area (Å²) in [7, 11) is -1.86. The van der Waals surface area contributed by atoms with Crippen LogP contribution < -0.4 is 19.7 Å². The molecule has 0 radical (unpaired) electrons. The molecular formula is C21H23N3O5S2. The van der Waals surface area contributed by atoms with E-state index in [2.05, 4.69) is 16.6 Å². The fraction of sp³-hybridized carbons (Fsp3) is 0.333. The number of anilines is 2. The average Bonchev–Trinajstić information content (AvgIpc) is 3.10. The topological polar surface area (TPSA) is 97.3 Å². The van der Waals surface area contributed by atoms with Crippen LogP contribution in [0.25, 0.3) is 0 Å². The lowest BCUT2D eigenvalue weighted by molar-refractivity contribution is 0.102. The summed E-state index contributed by atoms with van der Waals surface area (Å²) in [5.74, 6) is 0.875. The zero-order chi connectivity index (χ0) is 22.0. The van der Waals surface area contributed by atoms with E-state index in [9.17, 15) is 13.2 Å². The lowest BCUT2D eigenvalue weighted by Crippen LogP contribution is -2.35. The highest BCUT2D eigenvalue weighted by atomic mass is 32.2. The molecule has 0 atom stereocenters. The van der Waals surface area contributed by atoms with Gasteiger partial charge in [-0.1, -0.05) is 13.3 Å². The minimum atomic E-state index is -3.42. The van der Waals surface area contributed by atoms with E-state index >= 15 is 0 Å². The molecule has 2 aromatic rings. The number of sulfonamides is 1. The second kappa shape index (κ2) is 8.80. The van der Waals surface area contributed by atoms with Crippen LogP contribution in [0.3, 0.4) is 0 Å². The van der Waals surface area contributed by atoms with Gasteiger partial charge in [-0.05, 0) is 48.5 Å². The summed E-state index contributed by atoms with van der Waals surface area (Å²) < 4.78 is 38.5. The van der Waals surface area contributed by atoms with Gasteiger partial charge in [-0.15, -0.1) is 4.40 Å². The lowest BCUT2D eigenvalue weighted by Gasteiger charge is -2.22. The molecule has 0 saturated heterocycles. The number of nitrogens with zero attached hydrogens (tertiary/aromatic N) is 2.